The fourth-order valence-corrected chi connectivity index (χ4v) is 3.37. The molecule has 1 heterocycles. The van der Waals surface area contributed by atoms with E-state index < -0.39 is 11.8 Å². The van der Waals surface area contributed by atoms with Crippen LogP contribution in [0, 0.1) is 11.8 Å². The number of benzene rings is 1. The summed E-state index contributed by atoms with van der Waals surface area (Å²) >= 11 is 5.94. The summed E-state index contributed by atoms with van der Waals surface area (Å²) < 4.78 is 5.19. The summed E-state index contributed by atoms with van der Waals surface area (Å²) in [5.74, 6) is -1.07. The molecule has 1 aromatic carbocycles. The lowest BCUT2D eigenvalue weighted by Gasteiger charge is -2.29. The summed E-state index contributed by atoms with van der Waals surface area (Å²) in [7, 11) is 0. The summed E-state index contributed by atoms with van der Waals surface area (Å²) in [6.45, 7) is 3.30. The van der Waals surface area contributed by atoms with Gasteiger partial charge in [0.2, 0.25) is 5.91 Å². The molecule has 25 heavy (non-hydrogen) atoms. The van der Waals surface area contributed by atoms with Gasteiger partial charge in [-0.25, -0.2) is 0 Å². The van der Waals surface area contributed by atoms with Gasteiger partial charge < -0.3 is 9.64 Å². The fraction of sp³-hybridized carbons (Fsp3) is 0.500. The quantitative estimate of drug-likeness (QED) is 0.439. The van der Waals surface area contributed by atoms with Crippen molar-refractivity contribution >= 4 is 23.5 Å². The maximum absolute atomic E-state index is 13.2. The molecule has 0 N–H and O–H groups in total. The number of allylic oxidation sites excluding steroid dienone is 1. The SMILES string of the molecule is CCOC(=O)[C@@H]1/C=C/CCCN(Cc2ccccc2)C(=O)[C@H]1CCCl. The predicted octanol–water partition coefficient (Wildman–Crippen LogP) is 3.79. The standard InChI is InChI=1S/C20H26ClNO3/c1-2-25-20(24)18-11-7-4-8-14-22(19(23)17(18)12-13-21)15-16-9-5-3-6-10-16/h3,5-7,9-11,17-18H,2,4,8,12-15H2,1H3/b11-7+/t17-,18+/m0/s1. The summed E-state index contributed by atoms with van der Waals surface area (Å²) in [6.07, 6.45) is 5.99. The molecule has 1 amide bonds. The Hall–Kier alpha value is -1.81. The van der Waals surface area contributed by atoms with Crippen LogP contribution in [0.2, 0.25) is 0 Å². The van der Waals surface area contributed by atoms with E-state index in [9.17, 15) is 9.59 Å². The van der Waals surface area contributed by atoms with Crippen LogP contribution in [0.5, 0.6) is 0 Å². The van der Waals surface area contributed by atoms with Gasteiger partial charge in [0.05, 0.1) is 18.4 Å². The number of halogens is 1. The molecular formula is C20H26ClNO3. The molecule has 0 spiro atoms. The Balaban J connectivity index is 2.25. The minimum absolute atomic E-state index is 0.0193. The third kappa shape index (κ3) is 5.60. The highest BCUT2D eigenvalue weighted by Crippen LogP contribution is 2.26. The maximum atomic E-state index is 13.2. The number of carbonyl (C=O) groups is 2. The smallest absolute Gasteiger partial charge is 0.313 e. The van der Waals surface area contributed by atoms with Crippen LogP contribution in [0.25, 0.3) is 0 Å². The molecule has 0 fully saturated rings. The Morgan fingerprint density at radius 2 is 2.08 bits per heavy atom. The van der Waals surface area contributed by atoms with E-state index in [0.717, 1.165) is 18.4 Å². The number of carbonyl (C=O) groups excluding carboxylic acids is 2. The summed E-state index contributed by atoms with van der Waals surface area (Å²) in [5.41, 5.74) is 1.08. The molecule has 0 aromatic heterocycles. The molecule has 0 saturated carbocycles. The first kappa shape index (κ1) is 19.5. The highest BCUT2D eigenvalue weighted by molar-refractivity contribution is 6.18. The van der Waals surface area contributed by atoms with E-state index in [1.165, 1.54) is 0 Å². The Morgan fingerprint density at radius 1 is 1.32 bits per heavy atom. The minimum atomic E-state index is -0.567. The van der Waals surface area contributed by atoms with Crippen LogP contribution in [0.1, 0.15) is 31.7 Å². The van der Waals surface area contributed by atoms with E-state index in [4.69, 9.17) is 16.3 Å². The van der Waals surface area contributed by atoms with E-state index >= 15 is 0 Å². The third-order valence-corrected chi connectivity index (χ3v) is 4.62. The van der Waals surface area contributed by atoms with Gasteiger partial charge in [-0.3, -0.25) is 9.59 Å². The van der Waals surface area contributed by atoms with Gasteiger partial charge in [0.15, 0.2) is 0 Å². The molecule has 0 bridgehead atoms. The number of esters is 1. The Labute approximate surface area is 154 Å². The number of rotatable bonds is 6. The Bertz CT molecular complexity index is 588. The van der Waals surface area contributed by atoms with Crippen molar-refractivity contribution in [1.29, 1.82) is 0 Å². The molecule has 0 saturated heterocycles. The van der Waals surface area contributed by atoms with Crippen LogP contribution in [0.4, 0.5) is 0 Å². The van der Waals surface area contributed by atoms with Gasteiger partial charge in [-0.2, -0.15) is 0 Å². The second-order valence-corrected chi connectivity index (χ2v) is 6.56. The maximum Gasteiger partial charge on any atom is 0.313 e. The summed E-state index contributed by atoms with van der Waals surface area (Å²) in [5, 5.41) is 0. The molecule has 5 heteroatoms. The molecule has 1 aromatic rings. The first-order chi connectivity index (χ1) is 12.2. The van der Waals surface area contributed by atoms with Gasteiger partial charge in [0, 0.05) is 19.0 Å². The second kappa shape index (κ2) is 10.2. The van der Waals surface area contributed by atoms with E-state index in [-0.39, 0.29) is 11.9 Å². The topological polar surface area (TPSA) is 46.6 Å². The zero-order valence-corrected chi connectivity index (χ0v) is 15.5. The van der Waals surface area contributed by atoms with Gasteiger partial charge in [-0.15, -0.1) is 11.6 Å². The van der Waals surface area contributed by atoms with Crippen LogP contribution < -0.4 is 0 Å². The number of ether oxygens (including phenoxy) is 1. The van der Waals surface area contributed by atoms with E-state index in [1.807, 2.05) is 47.4 Å². The zero-order chi connectivity index (χ0) is 18.1. The van der Waals surface area contributed by atoms with E-state index in [0.29, 0.717) is 32.0 Å². The van der Waals surface area contributed by atoms with Crippen molar-refractivity contribution < 1.29 is 14.3 Å². The molecule has 2 rings (SSSR count). The van der Waals surface area contributed by atoms with Crippen LogP contribution in [0.3, 0.4) is 0 Å². The van der Waals surface area contributed by atoms with Crippen molar-refractivity contribution in [1.82, 2.24) is 4.90 Å². The number of hydrogen-bond donors (Lipinski definition) is 0. The fourth-order valence-electron chi connectivity index (χ4n) is 3.14. The molecule has 4 nitrogen and oxygen atoms in total. The molecule has 0 aliphatic carbocycles. The van der Waals surface area contributed by atoms with Crippen molar-refractivity contribution in [3.8, 4) is 0 Å². The average molecular weight is 364 g/mol. The minimum Gasteiger partial charge on any atom is -0.466 e. The Morgan fingerprint density at radius 3 is 2.76 bits per heavy atom. The summed E-state index contributed by atoms with van der Waals surface area (Å²) in [4.78, 5) is 27.4. The van der Waals surface area contributed by atoms with Crippen molar-refractivity contribution in [3.63, 3.8) is 0 Å². The van der Waals surface area contributed by atoms with Crippen molar-refractivity contribution in [2.45, 2.75) is 32.7 Å². The lowest BCUT2D eigenvalue weighted by Crippen LogP contribution is -2.41. The number of alkyl halides is 1. The van der Waals surface area contributed by atoms with Gasteiger partial charge in [0.25, 0.3) is 0 Å². The molecule has 1 aliphatic heterocycles. The number of amides is 1. The van der Waals surface area contributed by atoms with E-state index in [2.05, 4.69) is 0 Å². The van der Waals surface area contributed by atoms with Gasteiger partial charge >= 0.3 is 5.97 Å². The number of nitrogens with zero attached hydrogens (tertiary/aromatic N) is 1. The van der Waals surface area contributed by atoms with Gasteiger partial charge in [-0.05, 0) is 31.7 Å². The predicted molar refractivity (Wildman–Crippen MR) is 99.2 cm³/mol. The molecule has 2 atom stereocenters. The van der Waals surface area contributed by atoms with Crippen LogP contribution >= 0.6 is 11.6 Å². The zero-order valence-electron chi connectivity index (χ0n) is 14.7. The monoisotopic (exact) mass is 363 g/mol. The van der Waals surface area contributed by atoms with Gasteiger partial charge in [-0.1, -0.05) is 42.5 Å². The first-order valence-corrected chi connectivity index (χ1v) is 9.42. The Kier molecular flexibility index (Phi) is 7.99. The van der Waals surface area contributed by atoms with Crippen LogP contribution in [-0.2, 0) is 20.9 Å². The molecule has 136 valence electrons. The number of hydrogen-bond acceptors (Lipinski definition) is 3. The third-order valence-electron chi connectivity index (χ3n) is 4.40. The second-order valence-electron chi connectivity index (χ2n) is 6.18. The highest BCUT2D eigenvalue weighted by atomic mass is 35.5. The van der Waals surface area contributed by atoms with Crippen LogP contribution in [-0.4, -0.2) is 35.8 Å². The van der Waals surface area contributed by atoms with Crippen molar-refractivity contribution in [3.05, 3.63) is 48.0 Å². The molecule has 0 radical (unpaired) electrons. The first-order valence-electron chi connectivity index (χ1n) is 8.89. The molecule has 0 unspecified atom stereocenters. The van der Waals surface area contributed by atoms with E-state index in [1.54, 1.807) is 6.92 Å². The molecular weight excluding hydrogens is 338 g/mol. The van der Waals surface area contributed by atoms with Crippen molar-refractivity contribution in [2.24, 2.45) is 11.8 Å². The lowest BCUT2D eigenvalue weighted by atomic mass is 9.88. The highest BCUT2D eigenvalue weighted by Gasteiger charge is 2.35. The average Bonchev–Trinajstić information content (AvgIpc) is 2.68. The van der Waals surface area contributed by atoms with Crippen LogP contribution in [0.15, 0.2) is 42.5 Å². The van der Waals surface area contributed by atoms with Gasteiger partial charge in [0.1, 0.15) is 0 Å². The van der Waals surface area contributed by atoms with Crippen molar-refractivity contribution in [2.75, 3.05) is 19.0 Å². The summed E-state index contributed by atoms with van der Waals surface area (Å²) in [6, 6.07) is 9.92. The lowest BCUT2D eigenvalue weighted by molar-refractivity contribution is -0.153. The molecule has 1 aliphatic rings. The largest absolute Gasteiger partial charge is 0.466 e. The normalized spacial score (nSPS) is 22.6.